The molecule has 13 heavy (non-hydrogen) atoms. The first-order valence-electron chi connectivity index (χ1n) is 2.15. The van der Waals surface area contributed by atoms with E-state index in [2.05, 4.69) is 9.47 Å². The number of halogens is 6. The van der Waals surface area contributed by atoms with Crippen LogP contribution in [0.3, 0.4) is 0 Å². The number of carbonyl (C=O) groups is 1. The van der Waals surface area contributed by atoms with Crippen LogP contribution in [0.5, 0.6) is 0 Å². The van der Waals surface area contributed by atoms with Crippen LogP contribution >= 0.6 is 69.6 Å². The summed E-state index contributed by atoms with van der Waals surface area (Å²) in [4.78, 5) is 10.5. The fraction of sp³-hybridized carbons (Fsp3) is 0.667. The smallest absolute Gasteiger partial charge is 0.412 e. The molecule has 0 heterocycles. The lowest BCUT2D eigenvalue weighted by Crippen LogP contribution is -2.22. The molecule has 0 fully saturated rings. The lowest BCUT2D eigenvalue weighted by atomic mass is 11.3. The lowest BCUT2D eigenvalue weighted by molar-refractivity contribution is 0.0508. The second kappa shape index (κ2) is 5.75. The van der Waals surface area contributed by atoms with Crippen LogP contribution in [0.1, 0.15) is 0 Å². The van der Waals surface area contributed by atoms with Gasteiger partial charge in [0.2, 0.25) is 0 Å². The maximum absolute atomic E-state index is 10.5. The fourth-order valence-electron chi connectivity index (χ4n) is 0.210. The molecular formula is C3H2Cl6O4. The molecule has 0 aliphatic heterocycles. The standard InChI is InChI=1S/C3Cl6O3.H2O/c4-2(5,6)11-1(10)12-3(7,8)9;/h;1H2. The quantitative estimate of drug-likeness (QED) is 0.510. The van der Waals surface area contributed by atoms with E-state index in [1.807, 2.05) is 0 Å². The Hall–Kier alpha value is 0.970. The van der Waals surface area contributed by atoms with Crippen molar-refractivity contribution in [2.75, 3.05) is 0 Å². The van der Waals surface area contributed by atoms with Crippen LogP contribution in [-0.4, -0.2) is 19.6 Å². The normalized spacial score (nSPS) is 11.5. The van der Waals surface area contributed by atoms with Gasteiger partial charge in [-0.2, -0.15) is 0 Å². The molecule has 0 aliphatic rings. The van der Waals surface area contributed by atoms with Crippen LogP contribution in [0.15, 0.2) is 0 Å². The van der Waals surface area contributed by atoms with Crippen LogP contribution in [0.4, 0.5) is 4.79 Å². The maximum Gasteiger partial charge on any atom is 0.515 e. The molecule has 0 radical (unpaired) electrons. The van der Waals surface area contributed by atoms with Crippen molar-refractivity contribution in [2.45, 2.75) is 7.96 Å². The highest BCUT2D eigenvalue weighted by Crippen LogP contribution is 2.32. The Kier molecular flexibility index (Phi) is 7.26. The highest BCUT2D eigenvalue weighted by molar-refractivity contribution is 6.67. The van der Waals surface area contributed by atoms with Crippen LogP contribution < -0.4 is 0 Å². The maximum atomic E-state index is 10.5. The number of alkyl halides is 6. The predicted molar refractivity (Wildman–Crippen MR) is 51.8 cm³/mol. The van der Waals surface area contributed by atoms with E-state index in [0.29, 0.717) is 0 Å². The van der Waals surface area contributed by atoms with Gasteiger partial charge in [0.25, 0.3) is 0 Å². The third kappa shape index (κ3) is 13.0. The van der Waals surface area contributed by atoms with E-state index >= 15 is 0 Å². The van der Waals surface area contributed by atoms with Gasteiger partial charge < -0.3 is 14.9 Å². The molecule has 0 spiro atoms. The Bertz CT molecular complexity index is 152. The molecule has 0 amide bonds. The summed E-state index contributed by atoms with van der Waals surface area (Å²) >= 11 is 30.2. The summed E-state index contributed by atoms with van der Waals surface area (Å²) < 4.78 is 3.50. The first kappa shape index (κ1) is 16.4. The summed E-state index contributed by atoms with van der Waals surface area (Å²) in [5.41, 5.74) is 0. The Labute approximate surface area is 103 Å². The van der Waals surface area contributed by atoms with Crippen LogP contribution in [0, 0.1) is 0 Å². The van der Waals surface area contributed by atoms with Gasteiger partial charge in [-0.1, -0.05) is 0 Å². The van der Waals surface area contributed by atoms with Gasteiger partial charge in [-0.3, -0.25) is 0 Å². The van der Waals surface area contributed by atoms with Crippen molar-refractivity contribution in [3.8, 4) is 0 Å². The van der Waals surface area contributed by atoms with Gasteiger partial charge in [0.05, 0.1) is 0 Å². The highest BCUT2D eigenvalue weighted by atomic mass is 35.6. The van der Waals surface area contributed by atoms with E-state index in [1.165, 1.54) is 0 Å². The van der Waals surface area contributed by atoms with E-state index in [0.717, 1.165) is 0 Å². The molecule has 0 atom stereocenters. The molecule has 0 bridgehead atoms. The molecule has 0 rings (SSSR count). The zero-order valence-electron chi connectivity index (χ0n) is 5.49. The summed E-state index contributed by atoms with van der Waals surface area (Å²) in [5.74, 6) is 0. The second-order valence-electron chi connectivity index (χ2n) is 1.35. The van der Waals surface area contributed by atoms with E-state index < -0.39 is 14.1 Å². The molecule has 0 saturated heterocycles. The molecule has 0 unspecified atom stereocenters. The first-order valence-corrected chi connectivity index (χ1v) is 4.42. The minimum atomic E-state index is -2.24. The number of hydrogen-bond acceptors (Lipinski definition) is 3. The third-order valence-corrected chi connectivity index (χ3v) is 0.861. The van der Waals surface area contributed by atoms with E-state index in [-0.39, 0.29) is 5.48 Å². The van der Waals surface area contributed by atoms with E-state index in [4.69, 9.17) is 69.6 Å². The third-order valence-electron chi connectivity index (χ3n) is 0.398. The molecule has 2 N–H and O–H groups in total. The number of hydrogen-bond donors (Lipinski definition) is 0. The fourth-order valence-corrected chi connectivity index (χ4v) is 0.588. The van der Waals surface area contributed by atoms with Gasteiger partial charge in [-0.15, -0.1) is 0 Å². The molecule has 0 aromatic carbocycles. The summed E-state index contributed by atoms with van der Waals surface area (Å²) in [6, 6.07) is 0. The van der Waals surface area contributed by atoms with Crippen molar-refractivity contribution in [3.05, 3.63) is 0 Å². The largest absolute Gasteiger partial charge is 0.515 e. The Morgan fingerprint density at radius 2 is 1.08 bits per heavy atom. The molecule has 10 heteroatoms. The summed E-state index contributed by atoms with van der Waals surface area (Å²) in [5, 5.41) is 0. The van der Waals surface area contributed by atoms with Gasteiger partial charge in [-0.05, 0) is 69.6 Å². The zero-order chi connectivity index (χ0) is 9.99. The Morgan fingerprint density at radius 3 is 1.23 bits per heavy atom. The molecule has 0 aromatic heterocycles. The van der Waals surface area contributed by atoms with Crippen LogP contribution in [0.2, 0.25) is 0 Å². The Balaban J connectivity index is 0. The van der Waals surface area contributed by atoms with Gasteiger partial charge in [0, 0.05) is 0 Å². The average molecular weight is 315 g/mol. The van der Waals surface area contributed by atoms with Crippen molar-refractivity contribution in [2.24, 2.45) is 0 Å². The van der Waals surface area contributed by atoms with Gasteiger partial charge >= 0.3 is 14.1 Å². The molecular weight excluding hydrogens is 313 g/mol. The van der Waals surface area contributed by atoms with Gasteiger partial charge in [-0.25, -0.2) is 4.79 Å². The number of rotatable bonds is 0. The minimum absolute atomic E-state index is 0. The topological polar surface area (TPSA) is 67.0 Å². The van der Waals surface area contributed by atoms with Crippen LogP contribution in [0.25, 0.3) is 0 Å². The number of carbonyl (C=O) groups excluding carboxylic acids is 1. The molecule has 0 aromatic rings. The summed E-state index contributed by atoms with van der Waals surface area (Å²) in [6.45, 7) is 0. The van der Waals surface area contributed by atoms with E-state index in [1.54, 1.807) is 0 Å². The van der Waals surface area contributed by atoms with Crippen molar-refractivity contribution >= 4 is 75.8 Å². The molecule has 4 nitrogen and oxygen atoms in total. The second-order valence-corrected chi connectivity index (χ2v) is 5.70. The highest BCUT2D eigenvalue weighted by Gasteiger charge is 2.32. The van der Waals surface area contributed by atoms with Crippen molar-refractivity contribution in [1.29, 1.82) is 0 Å². The van der Waals surface area contributed by atoms with Gasteiger partial charge in [0.15, 0.2) is 0 Å². The molecule has 0 aliphatic carbocycles. The average Bonchev–Trinajstić information content (AvgIpc) is 1.49. The SMILES string of the molecule is O.O=C(OC(Cl)(Cl)Cl)OC(Cl)(Cl)Cl. The van der Waals surface area contributed by atoms with Gasteiger partial charge in [0.1, 0.15) is 0 Å². The lowest BCUT2D eigenvalue weighted by Gasteiger charge is -2.15. The Morgan fingerprint density at radius 1 is 0.846 bits per heavy atom. The molecule has 0 saturated carbocycles. The molecule has 80 valence electrons. The summed E-state index contributed by atoms with van der Waals surface area (Å²) in [6.07, 6.45) is -1.41. The predicted octanol–water partition coefficient (Wildman–Crippen LogP) is 2.97. The van der Waals surface area contributed by atoms with Crippen molar-refractivity contribution in [1.82, 2.24) is 0 Å². The monoisotopic (exact) mass is 312 g/mol. The van der Waals surface area contributed by atoms with Crippen molar-refractivity contribution < 1.29 is 19.7 Å². The first-order chi connectivity index (χ1) is 5.10. The zero-order valence-corrected chi connectivity index (χ0v) is 10.0. The summed E-state index contributed by atoms with van der Waals surface area (Å²) in [7, 11) is 0. The number of ether oxygens (including phenoxy) is 2. The minimum Gasteiger partial charge on any atom is -0.412 e. The van der Waals surface area contributed by atoms with Crippen LogP contribution in [-0.2, 0) is 9.47 Å². The van der Waals surface area contributed by atoms with E-state index in [9.17, 15) is 4.79 Å². The van der Waals surface area contributed by atoms with Crippen molar-refractivity contribution in [3.63, 3.8) is 0 Å².